The molecule has 0 aliphatic rings. The molecule has 0 spiro atoms. The Labute approximate surface area is 142 Å². The van der Waals surface area contributed by atoms with Gasteiger partial charge in [-0.2, -0.15) is 13.2 Å². The molecule has 0 radical (unpaired) electrons. The van der Waals surface area contributed by atoms with Gasteiger partial charge in [-0.3, -0.25) is 10.7 Å². The van der Waals surface area contributed by atoms with Crippen LogP contribution in [-0.4, -0.2) is 35.8 Å². The van der Waals surface area contributed by atoms with Gasteiger partial charge in [-0.05, 0) is 11.5 Å². The van der Waals surface area contributed by atoms with Crippen molar-refractivity contribution < 1.29 is 32.6 Å². The molecule has 25 heavy (non-hydrogen) atoms. The SMILES string of the molecule is CC(C)COC(=O)NC(=N)c1ccc(CN)cc1.O=C(O)C(F)(F)F. The highest BCUT2D eigenvalue weighted by molar-refractivity contribution is 6.04. The van der Waals surface area contributed by atoms with Crippen LogP contribution in [0.25, 0.3) is 0 Å². The average molecular weight is 363 g/mol. The van der Waals surface area contributed by atoms with Crippen molar-refractivity contribution >= 4 is 17.9 Å². The zero-order chi connectivity index (χ0) is 19.6. The van der Waals surface area contributed by atoms with Gasteiger partial charge in [-0.1, -0.05) is 38.1 Å². The van der Waals surface area contributed by atoms with Crippen LogP contribution in [0.3, 0.4) is 0 Å². The first-order valence-electron chi connectivity index (χ1n) is 7.09. The summed E-state index contributed by atoms with van der Waals surface area (Å²) in [4.78, 5) is 20.3. The minimum absolute atomic E-state index is 0.0207. The number of nitrogens with two attached hydrogens (primary N) is 1. The van der Waals surface area contributed by atoms with E-state index < -0.39 is 18.2 Å². The van der Waals surface area contributed by atoms with Crippen molar-refractivity contribution in [2.45, 2.75) is 26.6 Å². The number of hydrogen-bond acceptors (Lipinski definition) is 5. The van der Waals surface area contributed by atoms with E-state index in [0.29, 0.717) is 18.7 Å². The van der Waals surface area contributed by atoms with Gasteiger partial charge >= 0.3 is 18.2 Å². The van der Waals surface area contributed by atoms with E-state index in [1.807, 2.05) is 26.0 Å². The molecule has 1 amide bonds. The van der Waals surface area contributed by atoms with E-state index in [1.54, 1.807) is 12.1 Å². The number of hydrogen-bond donors (Lipinski definition) is 4. The molecule has 0 saturated carbocycles. The van der Waals surface area contributed by atoms with E-state index in [9.17, 15) is 18.0 Å². The molecule has 0 aliphatic heterocycles. The minimum atomic E-state index is -5.08. The standard InChI is InChI=1S/C13H19N3O2.C2HF3O2/c1-9(2)8-18-13(17)16-12(15)11-5-3-10(7-14)4-6-11;3-2(4,5)1(6)7/h3-6,9H,7-8,14H2,1-2H3,(H2,15,16,17);(H,6,7). The Balaban J connectivity index is 0.000000697. The lowest BCUT2D eigenvalue weighted by Gasteiger charge is -2.09. The molecule has 1 rings (SSSR count). The predicted octanol–water partition coefficient (Wildman–Crippen LogP) is 2.49. The number of ether oxygens (including phenoxy) is 1. The second kappa shape index (κ2) is 10.3. The first-order valence-corrected chi connectivity index (χ1v) is 7.09. The molecule has 1 aromatic rings. The van der Waals surface area contributed by atoms with Crippen molar-refractivity contribution in [2.24, 2.45) is 11.7 Å². The number of aliphatic carboxylic acids is 1. The quantitative estimate of drug-likeness (QED) is 0.483. The number of carbonyl (C=O) groups excluding carboxylic acids is 1. The highest BCUT2D eigenvalue weighted by Gasteiger charge is 2.38. The van der Waals surface area contributed by atoms with Crippen molar-refractivity contribution in [2.75, 3.05) is 6.61 Å². The van der Waals surface area contributed by atoms with Gasteiger partial charge in [-0.25, -0.2) is 9.59 Å². The summed E-state index contributed by atoms with van der Waals surface area (Å²) in [5.74, 6) is -2.46. The van der Waals surface area contributed by atoms with E-state index in [4.69, 9.17) is 25.8 Å². The molecule has 0 heterocycles. The maximum atomic E-state index is 11.4. The van der Waals surface area contributed by atoms with Gasteiger partial charge in [0, 0.05) is 12.1 Å². The summed E-state index contributed by atoms with van der Waals surface area (Å²) in [5, 5.41) is 17.2. The van der Waals surface area contributed by atoms with Crippen molar-refractivity contribution in [3.8, 4) is 0 Å². The number of carbonyl (C=O) groups is 2. The van der Waals surface area contributed by atoms with E-state index in [0.717, 1.165) is 5.56 Å². The molecule has 140 valence electrons. The van der Waals surface area contributed by atoms with Crippen LogP contribution in [0.4, 0.5) is 18.0 Å². The number of alkyl carbamates (subject to hydrolysis) is 1. The maximum Gasteiger partial charge on any atom is 0.490 e. The lowest BCUT2D eigenvalue weighted by molar-refractivity contribution is -0.192. The fourth-order valence-electron chi connectivity index (χ4n) is 1.26. The maximum absolute atomic E-state index is 11.4. The third-order valence-corrected chi connectivity index (χ3v) is 2.50. The third kappa shape index (κ3) is 9.97. The Morgan fingerprint density at radius 2 is 1.76 bits per heavy atom. The van der Waals surface area contributed by atoms with Crippen LogP contribution in [0.1, 0.15) is 25.0 Å². The Bertz CT molecular complexity index is 587. The molecule has 0 bridgehead atoms. The lowest BCUT2D eigenvalue weighted by Crippen LogP contribution is -2.31. The molecule has 10 heteroatoms. The van der Waals surface area contributed by atoms with E-state index in [2.05, 4.69) is 5.32 Å². The molecule has 1 aromatic carbocycles. The number of amidine groups is 1. The highest BCUT2D eigenvalue weighted by atomic mass is 19.4. The molecule has 0 saturated heterocycles. The zero-order valence-electron chi connectivity index (χ0n) is 13.7. The topological polar surface area (TPSA) is 126 Å². The molecule has 0 aromatic heterocycles. The molecular weight excluding hydrogens is 343 g/mol. The van der Waals surface area contributed by atoms with Gasteiger partial charge in [0.2, 0.25) is 0 Å². The number of rotatable bonds is 4. The zero-order valence-corrected chi connectivity index (χ0v) is 13.7. The number of nitrogens with one attached hydrogen (secondary N) is 2. The van der Waals surface area contributed by atoms with E-state index in [-0.39, 0.29) is 11.8 Å². The Morgan fingerprint density at radius 1 is 1.28 bits per heavy atom. The van der Waals surface area contributed by atoms with Crippen LogP contribution < -0.4 is 11.1 Å². The van der Waals surface area contributed by atoms with Crippen LogP contribution in [0.2, 0.25) is 0 Å². The molecule has 5 N–H and O–H groups in total. The first kappa shape index (κ1) is 22.4. The molecule has 0 fully saturated rings. The van der Waals surface area contributed by atoms with E-state index in [1.165, 1.54) is 0 Å². The van der Waals surface area contributed by atoms with Crippen molar-refractivity contribution in [3.63, 3.8) is 0 Å². The van der Waals surface area contributed by atoms with Crippen LogP contribution in [0, 0.1) is 11.3 Å². The lowest BCUT2D eigenvalue weighted by atomic mass is 10.1. The smallest absolute Gasteiger partial charge is 0.475 e. The number of alkyl halides is 3. The largest absolute Gasteiger partial charge is 0.490 e. The second-order valence-electron chi connectivity index (χ2n) is 5.20. The summed E-state index contributed by atoms with van der Waals surface area (Å²) in [6.45, 7) is 4.69. The van der Waals surface area contributed by atoms with Gasteiger partial charge in [-0.15, -0.1) is 0 Å². The van der Waals surface area contributed by atoms with E-state index >= 15 is 0 Å². The number of benzene rings is 1. The minimum Gasteiger partial charge on any atom is -0.475 e. The Kier molecular flexibility index (Phi) is 9.21. The fourth-order valence-corrected chi connectivity index (χ4v) is 1.26. The average Bonchev–Trinajstić information content (AvgIpc) is 2.52. The monoisotopic (exact) mass is 363 g/mol. The van der Waals surface area contributed by atoms with Crippen molar-refractivity contribution in [1.29, 1.82) is 5.41 Å². The van der Waals surface area contributed by atoms with Gasteiger partial charge in [0.25, 0.3) is 0 Å². The molecule has 0 aliphatic carbocycles. The number of amides is 1. The number of carboxylic acid groups (broad SMARTS) is 1. The summed E-state index contributed by atoms with van der Waals surface area (Å²) in [6, 6.07) is 7.14. The van der Waals surface area contributed by atoms with Crippen LogP contribution in [-0.2, 0) is 16.1 Å². The fraction of sp³-hybridized carbons (Fsp3) is 0.400. The second-order valence-corrected chi connectivity index (χ2v) is 5.20. The van der Waals surface area contributed by atoms with Crippen LogP contribution >= 0.6 is 0 Å². The van der Waals surface area contributed by atoms with Crippen LogP contribution in [0.5, 0.6) is 0 Å². The first-order chi connectivity index (χ1) is 11.5. The Morgan fingerprint density at radius 3 is 2.12 bits per heavy atom. The van der Waals surface area contributed by atoms with Crippen molar-refractivity contribution in [3.05, 3.63) is 35.4 Å². The molecule has 0 unspecified atom stereocenters. The summed E-state index contributed by atoms with van der Waals surface area (Å²) in [6.07, 6.45) is -5.68. The highest BCUT2D eigenvalue weighted by Crippen LogP contribution is 2.13. The van der Waals surface area contributed by atoms with Gasteiger partial charge in [0.15, 0.2) is 0 Å². The Hall–Kier alpha value is -2.62. The molecule has 0 atom stereocenters. The van der Waals surface area contributed by atoms with Gasteiger partial charge < -0.3 is 15.6 Å². The van der Waals surface area contributed by atoms with Crippen molar-refractivity contribution in [1.82, 2.24) is 5.32 Å². The molecular formula is C15H20F3N3O4. The normalized spacial score (nSPS) is 10.5. The summed E-state index contributed by atoms with van der Waals surface area (Å²) >= 11 is 0. The molecule has 7 nitrogen and oxygen atoms in total. The van der Waals surface area contributed by atoms with Crippen LogP contribution in [0.15, 0.2) is 24.3 Å². The van der Waals surface area contributed by atoms with Gasteiger partial charge in [0.05, 0.1) is 6.61 Å². The summed E-state index contributed by atoms with van der Waals surface area (Å²) in [5.41, 5.74) is 7.08. The number of halogens is 3. The number of carboxylic acids is 1. The van der Waals surface area contributed by atoms with Gasteiger partial charge in [0.1, 0.15) is 5.84 Å². The summed E-state index contributed by atoms with van der Waals surface area (Å²) in [7, 11) is 0. The predicted molar refractivity (Wildman–Crippen MR) is 84.2 cm³/mol. The summed E-state index contributed by atoms with van der Waals surface area (Å²) < 4.78 is 36.7. The third-order valence-electron chi connectivity index (χ3n) is 2.50.